The summed E-state index contributed by atoms with van der Waals surface area (Å²) in [5.74, 6) is 0.874. The third-order valence-electron chi connectivity index (χ3n) is 4.38. The minimum Gasteiger partial charge on any atom is -0.295 e. The van der Waals surface area contributed by atoms with Gasteiger partial charge in [0.2, 0.25) is 0 Å². The smallest absolute Gasteiger partial charge is 0.160 e. The number of ketones is 1. The van der Waals surface area contributed by atoms with Crippen molar-refractivity contribution in [2.75, 3.05) is 0 Å². The highest BCUT2D eigenvalue weighted by molar-refractivity contribution is 5.98. The third-order valence-corrected chi connectivity index (χ3v) is 4.38. The van der Waals surface area contributed by atoms with Gasteiger partial charge in [0.05, 0.1) is 0 Å². The zero-order chi connectivity index (χ0) is 13.0. The van der Waals surface area contributed by atoms with E-state index < -0.39 is 0 Å². The Labute approximate surface area is 112 Å². The molecule has 0 aliphatic heterocycles. The van der Waals surface area contributed by atoms with Gasteiger partial charge in [-0.25, -0.2) is 0 Å². The minimum atomic E-state index is 0.157. The summed E-state index contributed by atoms with van der Waals surface area (Å²) < 4.78 is 0. The first-order valence-corrected chi connectivity index (χ1v) is 6.67. The van der Waals surface area contributed by atoms with Crippen LogP contribution in [0.5, 0.6) is 0 Å². The number of allylic oxidation sites excluding steroid dienone is 14. The SMILES string of the molecule is CC(=O)C1=C2C=CC3=CC=CC4=CC=C(C=C1)C2C34. The second kappa shape index (κ2) is 3.67. The van der Waals surface area contributed by atoms with E-state index in [1.54, 1.807) is 6.92 Å². The molecule has 0 saturated carbocycles. The maximum Gasteiger partial charge on any atom is 0.160 e. The molecule has 19 heavy (non-hydrogen) atoms. The topological polar surface area (TPSA) is 17.1 Å². The highest BCUT2D eigenvalue weighted by atomic mass is 16.1. The van der Waals surface area contributed by atoms with Crippen LogP contribution in [-0.4, -0.2) is 5.78 Å². The Balaban J connectivity index is 2.00. The van der Waals surface area contributed by atoms with Crippen LogP contribution in [0.2, 0.25) is 0 Å². The molecule has 2 unspecified atom stereocenters. The molecule has 0 N–H and O–H groups in total. The summed E-state index contributed by atoms with van der Waals surface area (Å²) in [6.07, 6.45) is 19.2. The molecule has 2 atom stereocenters. The van der Waals surface area contributed by atoms with Gasteiger partial charge in [0.25, 0.3) is 0 Å². The van der Waals surface area contributed by atoms with Crippen LogP contribution in [0.25, 0.3) is 0 Å². The van der Waals surface area contributed by atoms with E-state index in [4.69, 9.17) is 0 Å². The molecule has 0 aromatic rings. The summed E-state index contributed by atoms with van der Waals surface area (Å²) in [5, 5.41) is 0. The van der Waals surface area contributed by atoms with E-state index in [-0.39, 0.29) is 5.78 Å². The Bertz CT molecular complexity index is 702. The molecule has 0 fully saturated rings. The second-order valence-electron chi connectivity index (χ2n) is 5.41. The van der Waals surface area contributed by atoms with E-state index in [0.29, 0.717) is 11.8 Å². The van der Waals surface area contributed by atoms with E-state index >= 15 is 0 Å². The first-order valence-electron chi connectivity index (χ1n) is 6.67. The lowest BCUT2D eigenvalue weighted by Crippen LogP contribution is -2.29. The summed E-state index contributed by atoms with van der Waals surface area (Å²) in [7, 11) is 0. The molecular formula is C18H14O. The van der Waals surface area contributed by atoms with Gasteiger partial charge in [-0.15, -0.1) is 0 Å². The first kappa shape index (κ1) is 10.7. The zero-order valence-electron chi connectivity index (χ0n) is 10.8. The van der Waals surface area contributed by atoms with Gasteiger partial charge in [-0.05, 0) is 29.2 Å². The van der Waals surface area contributed by atoms with Gasteiger partial charge in [-0.3, -0.25) is 4.79 Å². The Morgan fingerprint density at radius 2 is 1.53 bits per heavy atom. The molecule has 4 aliphatic rings. The van der Waals surface area contributed by atoms with Gasteiger partial charge in [0, 0.05) is 17.4 Å². The van der Waals surface area contributed by atoms with Crippen molar-refractivity contribution < 1.29 is 4.79 Å². The Kier molecular flexibility index (Phi) is 2.08. The van der Waals surface area contributed by atoms with E-state index in [0.717, 1.165) is 5.57 Å². The summed E-state index contributed by atoms with van der Waals surface area (Å²) in [5.41, 5.74) is 6.08. The number of hydrogen-bond acceptors (Lipinski definition) is 1. The molecule has 1 heteroatoms. The Morgan fingerprint density at radius 1 is 0.842 bits per heavy atom. The van der Waals surface area contributed by atoms with Gasteiger partial charge in [-0.2, -0.15) is 0 Å². The van der Waals surface area contributed by atoms with Crippen molar-refractivity contribution in [1.82, 2.24) is 0 Å². The summed E-state index contributed by atoms with van der Waals surface area (Å²) >= 11 is 0. The molecule has 4 rings (SSSR count). The molecule has 0 heterocycles. The van der Waals surface area contributed by atoms with E-state index in [2.05, 4.69) is 48.6 Å². The number of rotatable bonds is 1. The van der Waals surface area contributed by atoms with Gasteiger partial charge in [0.1, 0.15) is 0 Å². The predicted octanol–water partition coefficient (Wildman–Crippen LogP) is 3.61. The van der Waals surface area contributed by atoms with Crippen LogP contribution in [0.4, 0.5) is 0 Å². The predicted molar refractivity (Wildman–Crippen MR) is 76.4 cm³/mol. The van der Waals surface area contributed by atoms with Crippen molar-refractivity contribution in [3.8, 4) is 0 Å². The molecule has 0 spiro atoms. The van der Waals surface area contributed by atoms with Crippen LogP contribution in [0.3, 0.4) is 0 Å². The van der Waals surface area contributed by atoms with Gasteiger partial charge < -0.3 is 0 Å². The molecule has 0 aromatic heterocycles. The van der Waals surface area contributed by atoms with Crippen molar-refractivity contribution in [3.05, 3.63) is 82.5 Å². The molecule has 0 radical (unpaired) electrons. The van der Waals surface area contributed by atoms with Crippen LogP contribution in [-0.2, 0) is 4.79 Å². The van der Waals surface area contributed by atoms with Crippen LogP contribution < -0.4 is 0 Å². The normalized spacial score (nSPS) is 29.6. The highest BCUT2D eigenvalue weighted by Crippen LogP contribution is 2.49. The summed E-state index contributed by atoms with van der Waals surface area (Å²) in [6, 6.07) is 0. The summed E-state index contributed by atoms with van der Waals surface area (Å²) in [4.78, 5) is 11.8. The maximum atomic E-state index is 11.8. The second-order valence-corrected chi connectivity index (χ2v) is 5.41. The van der Waals surface area contributed by atoms with E-state index in [1.807, 2.05) is 6.08 Å². The average Bonchev–Trinajstić information content (AvgIpc) is 2.44. The molecule has 92 valence electrons. The zero-order valence-corrected chi connectivity index (χ0v) is 10.8. The minimum absolute atomic E-state index is 0.157. The highest BCUT2D eigenvalue weighted by Gasteiger charge is 2.38. The van der Waals surface area contributed by atoms with Crippen molar-refractivity contribution in [1.29, 1.82) is 0 Å². The molecule has 4 aliphatic carbocycles. The number of Topliss-reactive ketones (excluding diaryl/α,β-unsaturated/α-hetero) is 1. The lowest BCUT2D eigenvalue weighted by Gasteiger charge is -2.40. The largest absolute Gasteiger partial charge is 0.295 e. The number of carbonyl (C=O) groups is 1. The van der Waals surface area contributed by atoms with Crippen molar-refractivity contribution >= 4 is 5.78 Å². The molecule has 0 amide bonds. The lowest BCUT2D eigenvalue weighted by molar-refractivity contribution is -0.113. The lowest BCUT2D eigenvalue weighted by atomic mass is 9.63. The van der Waals surface area contributed by atoms with E-state index in [9.17, 15) is 4.79 Å². The van der Waals surface area contributed by atoms with Gasteiger partial charge in [0.15, 0.2) is 5.78 Å². The molecule has 1 nitrogen and oxygen atoms in total. The van der Waals surface area contributed by atoms with Crippen molar-refractivity contribution in [2.24, 2.45) is 11.8 Å². The molecule has 0 bridgehead atoms. The molecule has 0 aromatic carbocycles. The fourth-order valence-corrected chi connectivity index (χ4v) is 3.52. The van der Waals surface area contributed by atoms with Gasteiger partial charge >= 0.3 is 0 Å². The molecule has 0 saturated heterocycles. The Morgan fingerprint density at radius 3 is 2.32 bits per heavy atom. The molecular weight excluding hydrogens is 232 g/mol. The average molecular weight is 246 g/mol. The van der Waals surface area contributed by atoms with Crippen molar-refractivity contribution in [2.45, 2.75) is 6.92 Å². The first-order chi connectivity index (χ1) is 9.25. The third kappa shape index (κ3) is 1.39. The summed E-state index contributed by atoms with van der Waals surface area (Å²) in [6.45, 7) is 1.65. The van der Waals surface area contributed by atoms with E-state index in [1.165, 1.54) is 22.3 Å². The number of carbonyl (C=O) groups excluding carboxylic acids is 1. The number of hydrogen-bond donors (Lipinski definition) is 0. The van der Waals surface area contributed by atoms with Crippen molar-refractivity contribution in [3.63, 3.8) is 0 Å². The monoisotopic (exact) mass is 246 g/mol. The standard InChI is InChI=1S/C18H14O/c1-11(19)15-9-7-14-6-5-12-3-2-4-13-8-10-16(15)18(14)17(12)13/h2-10,17-18H,1H3. The maximum absolute atomic E-state index is 11.8. The quantitative estimate of drug-likeness (QED) is 0.690. The van der Waals surface area contributed by atoms with Crippen LogP contribution in [0.15, 0.2) is 82.5 Å². The van der Waals surface area contributed by atoms with Crippen LogP contribution in [0, 0.1) is 11.8 Å². The fraction of sp³-hybridized carbons (Fsp3) is 0.167. The van der Waals surface area contributed by atoms with Gasteiger partial charge in [-0.1, -0.05) is 54.7 Å². The Hall–Kier alpha value is -2.15. The van der Waals surface area contributed by atoms with Crippen LogP contribution >= 0.6 is 0 Å². The van der Waals surface area contributed by atoms with Crippen LogP contribution in [0.1, 0.15) is 6.92 Å². The fourth-order valence-electron chi connectivity index (χ4n) is 3.52.